The summed E-state index contributed by atoms with van der Waals surface area (Å²) in [7, 11) is 0. The summed E-state index contributed by atoms with van der Waals surface area (Å²) in [5, 5.41) is 2.93. The number of aromatic nitrogens is 3. The van der Waals surface area contributed by atoms with Crippen molar-refractivity contribution in [2.24, 2.45) is 0 Å². The lowest BCUT2D eigenvalue weighted by molar-refractivity contribution is 0.0497. The van der Waals surface area contributed by atoms with Crippen LogP contribution in [0.15, 0.2) is 36.5 Å². The molecule has 30 heavy (non-hydrogen) atoms. The van der Waals surface area contributed by atoms with Crippen LogP contribution in [0.2, 0.25) is 0 Å². The van der Waals surface area contributed by atoms with E-state index in [4.69, 9.17) is 4.74 Å². The summed E-state index contributed by atoms with van der Waals surface area (Å²) in [4.78, 5) is 26.0. The second-order valence-electron chi connectivity index (χ2n) is 8.53. The zero-order valence-electron chi connectivity index (χ0n) is 17.4. The molecule has 158 valence electrons. The van der Waals surface area contributed by atoms with Crippen LogP contribution >= 0.6 is 0 Å². The molecule has 2 N–H and O–H groups in total. The van der Waals surface area contributed by atoms with Gasteiger partial charge in [-0.15, -0.1) is 0 Å². The fourth-order valence-corrected chi connectivity index (χ4v) is 3.59. The largest absolute Gasteiger partial charge is 0.444 e. The first kappa shape index (κ1) is 20.1. The average molecular weight is 411 g/mol. The molecule has 7 nitrogen and oxygen atoms in total. The van der Waals surface area contributed by atoms with Crippen LogP contribution in [0.25, 0.3) is 22.4 Å². The van der Waals surface area contributed by atoms with Gasteiger partial charge in [0.1, 0.15) is 17.2 Å². The minimum absolute atomic E-state index is 0.0476. The molecule has 4 rings (SSSR count). The van der Waals surface area contributed by atoms with Gasteiger partial charge in [-0.1, -0.05) is 12.1 Å². The molecule has 1 amide bonds. The molecule has 0 radical (unpaired) electrons. The van der Waals surface area contributed by atoms with Crippen LogP contribution in [-0.2, 0) is 4.74 Å². The van der Waals surface area contributed by atoms with E-state index in [1.807, 2.05) is 45.0 Å². The topological polar surface area (TPSA) is 83.1 Å². The minimum Gasteiger partial charge on any atom is -0.444 e. The standard InChI is InChI=1S/C22H26FN5O2/c1-22(2,3)30-21(29)25-14-8-10-28(11-9-14)19-12-15(16(23)13-24-19)20-26-17-6-4-5-7-18(17)27-20/h4-7,12-14H,8-11H2,1-3H3,(H,25,29)(H,26,27). The number of aromatic amines is 1. The summed E-state index contributed by atoms with van der Waals surface area (Å²) in [5.41, 5.74) is 1.53. The summed E-state index contributed by atoms with van der Waals surface area (Å²) in [6.07, 6.45) is 2.37. The Morgan fingerprint density at radius 3 is 2.70 bits per heavy atom. The van der Waals surface area contributed by atoms with Crippen molar-refractivity contribution in [1.29, 1.82) is 0 Å². The van der Waals surface area contributed by atoms with Crippen molar-refractivity contribution in [3.05, 3.63) is 42.3 Å². The van der Waals surface area contributed by atoms with Crippen LogP contribution in [-0.4, -0.2) is 45.8 Å². The van der Waals surface area contributed by atoms with Gasteiger partial charge in [0.15, 0.2) is 5.82 Å². The van der Waals surface area contributed by atoms with E-state index in [2.05, 4.69) is 25.2 Å². The molecule has 1 aliphatic heterocycles. The molecule has 1 fully saturated rings. The number of amides is 1. The van der Waals surface area contributed by atoms with E-state index in [0.717, 1.165) is 23.9 Å². The third-order valence-corrected chi connectivity index (χ3v) is 5.03. The number of ether oxygens (including phenoxy) is 1. The monoisotopic (exact) mass is 411 g/mol. The highest BCUT2D eigenvalue weighted by molar-refractivity contribution is 5.79. The Bertz CT molecular complexity index is 1020. The molecule has 0 bridgehead atoms. The number of fused-ring (bicyclic) bond motifs is 1. The van der Waals surface area contributed by atoms with E-state index >= 15 is 0 Å². The number of piperidine rings is 1. The van der Waals surface area contributed by atoms with E-state index in [1.165, 1.54) is 6.20 Å². The highest BCUT2D eigenvalue weighted by Crippen LogP contribution is 2.27. The zero-order chi connectivity index (χ0) is 21.3. The van der Waals surface area contributed by atoms with E-state index in [1.54, 1.807) is 6.07 Å². The number of alkyl carbamates (subject to hydrolysis) is 1. The van der Waals surface area contributed by atoms with E-state index in [-0.39, 0.29) is 6.04 Å². The molecule has 0 unspecified atom stereocenters. The first-order chi connectivity index (χ1) is 14.3. The Balaban J connectivity index is 1.44. The van der Waals surface area contributed by atoms with Gasteiger partial charge >= 0.3 is 6.09 Å². The average Bonchev–Trinajstić information content (AvgIpc) is 3.11. The normalized spacial score (nSPS) is 15.4. The first-order valence-electron chi connectivity index (χ1n) is 10.1. The summed E-state index contributed by atoms with van der Waals surface area (Å²) in [5.74, 6) is 0.765. The molecule has 0 aliphatic carbocycles. The maximum Gasteiger partial charge on any atom is 0.407 e. The molecule has 1 aliphatic rings. The number of halogens is 1. The number of benzene rings is 1. The van der Waals surface area contributed by atoms with Gasteiger partial charge in [-0.3, -0.25) is 0 Å². The van der Waals surface area contributed by atoms with Crippen LogP contribution in [0.5, 0.6) is 0 Å². The third-order valence-electron chi connectivity index (χ3n) is 5.03. The van der Waals surface area contributed by atoms with Crippen molar-refractivity contribution in [2.45, 2.75) is 45.3 Å². The zero-order valence-corrected chi connectivity index (χ0v) is 17.4. The number of nitrogens with zero attached hydrogens (tertiary/aromatic N) is 3. The van der Waals surface area contributed by atoms with Crippen molar-refractivity contribution in [3.8, 4) is 11.4 Å². The second kappa shape index (κ2) is 7.93. The van der Waals surface area contributed by atoms with Crippen LogP contribution in [0.3, 0.4) is 0 Å². The number of hydrogen-bond donors (Lipinski definition) is 2. The third kappa shape index (κ3) is 4.53. The Kier molecular flexibility index (Phi) is 5.32. The molecule has 1 saturated heterocycles. The van der Waals surface area contributed by atoms with Gasteiger partial charge in [0.25, 0.3) is 0 Å². The van der Waals surface area contributed by atoms with Crippen molar-refractivity contribution in [3.63, 3.8) is 0 Å². The molecule has 3 heterocycles. The van der Waals surface area contributed by atoms with E-state index < -0.39 is 17.5 Å². The van der Waals surface area contributed by atoms with Crippen molar-refractivity contribution < 1.29 is 13.9 Å². The Morgan fingerprint density at radius 2 is 2.00 bits per heavy atom. The van der Waals surface area contributed by atoms with Gasteiger partial charge in [-0.25, -0.2) is 19.2 Å². The predicted molar refractivity (Wildman–Crippen MR) is 114 cm³/mol. The van der Waals surface area contributed by atoms with Gasteiger partial charge in [-0.2, -0.15) is 0 Å². The summed E-state index contributed by atoms with van der Waals surface area (Å²) in [6, 6.07) is 9.39. The highest BCUT2D eigenvalue weighted by Gasteiger charge is 2.25. The van der Waals surface area contributed by atoms with Crippen molar-refractivity contribution in [1.82, 2.24) is 20.3 Å². The number of H-pyrrole nitrogens is 1. The van der Waals surface area contributed by atoms with Crippen molar-refractivity contribution >= 4 is 22.9 Å². The van der Waals surface area contributed by atoms with Gasteiger partial charge in [0.2, 0.25) is 0 Å². The Hall–Kier alpha value is -3.16. The number of anilines is 1. The number of rotatable bonds is 3. The first-order valence-corrected chi connectivity index (χ1v) is 10.1. The molecular weight excluding hydrogens is 385 g/mol. The summed E-state index contributed by atoms with van der Waals surface area (Å²) in [6.45, 7) is 6.94. The number of carbonyl (C=O) groups excluding carboxylic acids is 1. The lowest BCUT2D eigenvalue weighted by Crippen LogP contribution is -2.46. The summed E-state index contributed by atoms with van der Waals surface area (Å²) < 4.78 is 19.8. The molecule has 0 spiro atoms. The molecule has 1 aromatic carbocycles. The predicted octanol–water partition coefficient (Wildman–Crippen LogP) is 4.26. The lowest BCUT2D eigenvalue weighted by Gasteiger charge is -2.33. The van der Waals surface area contributed by atoms with Gasteiger partial charge in [-0.05, 0) is 51.8 Å². The number of para-hydroxylation sites is 2. The maximum absolute atomic E-state index is 14.5. The lowest BCUT2D eigenvalue weighted by atomic mass is 10.0. The van der Waals surface area contributed by atoms with E-state index in [9.17, 15) is 9.18 Å². The molecule has 0 atom stereocenters. The number of pyridine rings is 1. The van der Waals surface area contributed by atoms with Crippen LogP contribution in [0.4, 0.5) is 15.0 Å². The fraction of sp³-hybridized carbons (Fsp3) is 0.409. The number of imidazole rings is 1. The molecule has 8 heteroatoms. The quantitative estimate of drug-likeness (QED) is 0.673. The van der Waals surface area contributed by atoms with Crippen LogP contribution in [0.1, 0.15) is 33.6 Å². The van der Waals surface area contributed by atoms with Gasteiger partial charge in [0, 0.05) is 19.1 Å². The van der Waals surface area contributed by atoms with Gasteiger partial charge < -0.3 is 19.9 Å². The maximum atomic E-state index is 14.5. The highest BCUT2D eigenvalue weighted by atomic mass is 19.1. The molecule has 3 aromatic rings. The number of hydrogen-bond acceptors (Lipinski definition) is 5. The van der Waals surface area contributed by atoms with Crippen molar-refractivity contribution in [2.75, 3.05) is 18.0 Å². The molecule has 2 aromatic heterocycles. The smallest absolute Gasteiger partial charge is 0.407 e. The molecular formula is C22H26FN5O2. The Labute approximate surface area is 174 Å². The number of nitrogens with one attached hydrogen (secondary N) is 2. The minimum atomic E-state index is -0.518. The molecule has 0 saturated carbocycles. The number of carbonyl (C=O) groups is 1. The Morgan fingerprint density at radius 1 is 1.27 bits per heavy atom. The van der Waals surface area contributed by atoms with Gasteiger partial charge in [0.05, 0.1) is 22.8 Å². The fourth-order valence-electron chi connectivity index (χ4n) is 3.59. The SMILES string of the molecule is CC(C)(C)OC(=O)NC1CCN(c2cc(-c3nc4ccccc4[nH]3)c(F)cn2)CC1. The van der Waals surface area contributed by atoms with Crippen LogP contribution < -0.4 is 10.2 Å². The second-order valence-corrected chi connectivity index (χ2v) is 8.53. The van der Waals surface area contributed by atoms with E-state index in [0.29, 0.717) is 30.3 Å². The summed E-state index contributed by atoms with van der Waals surface area (Å²) >= 11 is 0. The van der Waals surface area contributed by atoms with Crippen LogP contribution in [0, 0.1) is 5.82 Å².